The lowest BCUT2D eigenvalue weighted by Gasteiger charge is -2.07. The average Bonchev–Trinajstić information content (AvgIpc) is 2.38. The monoisotopic (exact) mass is 275 g/mol. The summed E-state index contributed by atoms with van der Waals surface area (Å²) in [5, 5.41) is 23.7. The van der Waals surface area contributed by atoms with Crippen LogP contribution >= 0.6 is 0 Å². The first-order valence-corrected chi connectivity index (χ1v) is 7.38. The number of benzene rings is 2. The molecule has 4 nitrogen and oxygen atoms in total. The maximum atomic E-state index is 11.6. The second-order valence-electron chi connectivity index (χ2n) is 4.25. The van der Waals surface area contributed by atoms with Gasteiger partial charge in [-0.1, -0.05) is 36.4 Å². The minimum Gasteiger partial charge on any atom is -0.423 e. The van der Waals surface area contributed by atoms with Crippen LogP contribution in [0.15, 0.2) is 53.4 Å². The molecule has 98 valence electrons. The SMILES string of the molecule is C=S(N)(=O)c1ccc(-c2cccc(B(O)O)c2)cc1. The number of rotatable bonds is 3. The Labute approximate surface area is 112 Å². The van der Waals surface area contributed by atoms with Gasteiger partial charge in [0.15, 0.2) is 0 Å². The molecule has 1 unspecified atom stereocenters. The first-order chi connectivity index (χ1) is 8.88. The molecule has 0 bridgehead atoms. The summed E-state index contributed by atoms with van der Waals surface area (Å²) >= 11 is 0. The third-order valence-corrected chi connectivity index (χ3v) is 3.84. The lowest BCUT2D eigenvalue weighted by atomic mass is 9.79. The Balaban J connectivity index is 2.40. The smallest absolute Gasteiger partial charge is 0.423 e. The van der Waals surface area contributed by atoms with Crippen LogP contribution in [0.25, 0.3) is 11.1 Å². The Morgan fingerprint density at radius 2 is 1.68 bits per heavy atom. The molecule has 4 N–H and O–H groups in total. The van der Waals surface area contributed by atoms with Crippen molar-refractivity contribution in [1.29, 1.82) is 0 Å². The summed E-state index contributed by atoms with van der Waals surface area (Å²) in [7, 11) is -4.20. The second kappa shape index (κ2) is 5.18. The zero-order chi connectivity index (χ0) is 14.0. The van der Waals surface area contributed by atoms with Crippen molar-refractivity contribution in [2.45, 2.75) is 4.90 Å². The normalized spacial score (nSPS) is 13.8. The van der Waals surface area contributed by atoms with Crippen LogP contribution in [0.5, 0.6) is 0 Å². The highest BCUT2D eigenvalue weighted by Crippen LogP contribution is 2.20. The lowest BCUT2D eigenvalue weighted by molar-refractivity contribution is 0.426. The molecular formula is C13H14BNO3S. The van der Waals surface area contributed by atoms with Gasteiger partial charge in [-0.2, -0.15) is 0 Å². The Kier molecular flexibility index (Phi) is 3.77. The average molecular weight is 275 g/mol. The van der Waals surface area contributed by atoms with Gasteiger partial charge in [-0.3, -0.25) is 5.14 Å². The summed E-state index contributed by atoms with van der Waals surface area (Å²) in [6.45, 7) is 0. The fourth-order valence-electron chi connectivity index (χ4n) is 1.76. The Morgan fingerprint density at radius 3 is 2.21 bits per heavy atom. The molecule has 0 aliphatic heterocycles. The third-order valence-electron chi connectivity index (χ3n) is 2.77. The van der Waals surface area contributed by atoms with Gasteiger partial charge in [-0.05, 0) is 34.6 Å². The van der Waals surface area contributed by atoms with E-state index in [4.69, 9.17) is 15.2 Å². The van der Waals surface area contributed by atoms with Gasteiger partial charge >= 0.3 is 7.12 Å². The van der Waals surface area contributed by atoms with E-state index in [9.17, 15) is 4.21 Å². The van der Waals surface area contributed by atoms with Gasteiger partial charge < -0.3 is 10.0 Å². The van der Waals surface area contributed by atoms with Crippen LogP contribution in [-0.2, 0) is 9.71 Å². The van der Waals surface area contributed by atoms with Crippen LogP contribution in [0.1, 0.15) is 0 Å². The third kappa shape index (κ3) is 3.24. The van der Waals surface area contributed by atoms with E-state index in [0.717, 1.165) is 11.1 Å². The van der Waals surface area contributed by atoms with Gasteiger partial charge in [-0.25, -0.2) is 4.21 Å². The first-order valence-electron chi connectivity index (χ1n) is 5.59. The zero-order valence-corrected chi connectivity index (χ0v) is 11.0. The van der Waals surface area contributed by atoms with E-state index >= 15 is 0 Å². The molecule has 2 rings (SSSR count). The molecule has 0 spiro atoms. The lowest BCUT2D eigenvalue weighted by Crippen LogP contribution is -2.29. The van der Waals surface area contributed by atoms with Crippen LogP contribution in [0.2, 0.25) is 0 Å². The van der Waals surface area contributed by atoms with Gasteiger partial charge in [0.05, 0.1) is 9.71 Å². The standard InChI is InChI=1S/C13H14BNO3S/c1-19(15,18)13-7-5-10(6-8-13)11-3-2-4-12(9-11)14(16)17/h2-9,16-17H,1H2,(H2,15,18). The van der Waals surface area contributed by atoms with Crippen molar-refractivity contribution in [2.24, 2.45) is 5.14 Å². The predicted molar refractivity (Wildman–Crippen MR) is 79.4 cm³/mol. The molecule has 2 aromatic carbocycles. The van der Waals surface area contributed by atoms with Crippen molar-refractivity contribution in [1.82, 2.24) is 0 Å². The summed E-state index contributed by atoms with van der Waals surface area (Å²) in [6, 6.07) is 13.8. The van der Waals surface area contributed by atoms with Crippen molar-refractivity contribution >= 4 is 28.2 Å². The molecular weight excluding hydrogens is 261 g/mol. The highest BCUT2D eigenvalue weighted by atomic mass is 32.2. The topological polar surface area (TPSA) is 83.6 Å². The highest BCUT2D eigenvalue weighted by molar-refractivity contribution is 7.98. The van der Waals surface area contributed by atoms with Crippen molar-refractivity contribution in [3.63, 3.8) is 0 Å². The molecule has 0 heterocycles. The van der Waals surface area contributed by atoms with Crippen molar-refractivity contribution in [2.75, 3.05) is 0 Å². The largest absolute Gasteiger partial charge is 0.488 e. The summed E-state index contributed by atoms with van der Waals surface area (Å²) in [6.07, 6.45) is 0. The molecule has 1 atom stereocenters. The Morgan fingerprint density at radius 1 is 1.05 bits per heavy atom. The molecule has 19 heavy (non-hydrogen) atoms. The maximum absolute atomic E-state index is 11.6. The minimum atomic E-state index is -2.70. The van der Waals surface area contributed by atoms with E-state index in [-0.39, 0.29) is 0 Å². The van der Waals surface area contributed by atoms with E-state index in [1.165, 1.54) is 0 Å². The summed E-state index contributed by atoms with van der Waals surface area (Å²) in [5.74, 6) is 3.42. The van der Waals surface area contributed by atoms with Crippen LogP contribution in [0.3, 0.4) is 0 Å². The van der Waals surface area contributed by atoms with Crippen molar-refractivity contribution in [3.8, 4) is 11.1 Å². The Bertz CT molecular complexity index is 681. The van der Waals surface area contributed by atoms with Gasteiger partial charge in [-0.15, -0.1) is 0 Å². The van der Waals surface area contributed by atoms with Crippen LogP contribution in [-0.4, -0.2) is 27.2 Å². The molecule has 0 aliphatic carbocycles. The fourth-order valence-corrected chi connectivity index (χ4v) is 2.35. The molecule has 0 amide bonds. The number of hydrogen-bond acceptors (Lipinski definition) is 3. The molecule has 0 aromatic heterocycles. The Hall–Kier alpha value is -1.60. The second-order valence-corrected chi connectivity index (χ2v) is 6.17. The minimum absolute atomic E-state index is 0.418. The van der Waals surface area contributed by atoms with E-state index in [1.807, 2.05) is 6.07 Å². The highest BCUT2D eigenvalue weighted by Gasteiger charge is 2.11. The molecule has 2 aromatic rings. The van der Waals surface area contributed by atoms with Crippen molar-refractivity contribution < 1.29 is 14.3 Å². The van der Waals surface area contributed by atoms with E-state index in [2.05, 4.69) is 5.87 Å². The fraction of sp³-hybridized carbons (Fsp3) is 0. The maximum Gasteiger partial charge on any atom is 0.488 e. The quantitative estimate of drug-likeness (QED) is 0.544. The van der Waals surface area contributed by atoms with E-state index in [1.54, 1.807) is 42.5 Å². The van der Waals surface area contributed by atoms with Crippen molar-refractivity contribution in [3.05, 3.63) is 48.5 Å². The summed E-state index contributed by atoms with van der Waals surface area (Å²) in [5.41, 5.74) is 2.13. The van der Waals surface area contributed by atoms with E-state index in [0.29, 0.717) is 10.4 Å². The molecule has 0 aliphatic rings. The molecule has 0 saturated heterocycles. The van der Waals surface area contributed by atoms with Crippen LogP contribution in [0.4, 0.5) is 0 Å². The number of hydrogen-bond donors (Lipinski definition) is 3. The summed E-state index contributed by atoms with van der Waals surface area (Å²) in [4.78, 5) is 0.481. The number of nitrogens with two attached hydrogens (primary N) is 1. The van der Waals surface area contributed by atoms with Crippen LogP contribution in [0, 0.1) is 0 Å². The molecule has 0 fully saturated rings. The van der Waals surface area contributed by atoms with Gasteiger partial charge in [0.25, 0.3) is 0 Å². The first kappa shape index (κ1) is 13.8. The van der Waals surface area contributed by atoms with Crippen LogP contribution < -0.4 is 10.6 Å². The molecule has 0 saturated carbocycles. The summed E-state index contributed by atoms with van der Waals surface area (Å²) < 4.78 is 11.6. The van der Waals surface area contributed by atoms with E-state index < -0.39 is 16.8 Å². The molecule has 0 radical (unpaired) electrons. The zero-order valence-electron chi connectivity index (χ0n) is 10.2. The van der Waals surface area contributed by atoms with Gasteiger partial charge in [0, 0.05) is 4.90 Å². The van der Waals surface area contributed by atoms with Gasteiger partial charge in [0.1, 0.15) is 0 Å². The van der Waals surface area contributed by atoms with Gasteiger partial charge in [0.2, 0.25) is 0 Å². The molecule has 6 heteroatoms. The predicted octanol–water partition coefficient (Wildman–Crippen LogP) is -0.0176.